The van der Waals surface area contributed by atoms with Crippen molar-refractivity contribution in [3.63, 3.8) is 0 Å². The van der Waals surface area contributed by atoms with E-state index in [0.29, 0.717) is 21.7 Å². The summed E-state index contributed by atoms with van der Waals surface area (Å²) in [5.74, 6) is -0.543. The highest BCUT2D eigenvalue weighted by molar-refractivity contribution is 9.10. The second-order valence-electron chi connectivity index (χ2n) is 4.42. The second kappa shape index (κ2) is 5.66. The summed E-state index contributed by atoms with van der Waals surface area (Å²) in [6.07, 6.45) is 0. The zero-order valence-electron chi connectivity index (χ0n) is 11.0. The molecule has 20 heavy (non-hydrogen) atoms. The average Bonchev–Trinajstić information content (AvgIpc) is 2.74. The van der Waals surface area contributed by atoms with E-state index >= 15 is 0 Å². The van der Waals surface area contributed by atoms with Crippen molar-refractivity contribution in [2.24, 2.45) is 0 Å². The Morgan fingerprint density at radius 1 is 1.40 bits per heavy atom. The van der Waals surface area contributed by atoms with Gasteiger partial charge in [-0.3, -0.25) is 0 Å². The molecule has 0 atom stereocenters. The first-order chi connectivity index (χ1) is 9.38. The molecule has 0 fully saturated rings. The number of nitrogens with one attached hydrogen (secondary N) is 1. The molecule has 2 N–H and O–H groups in total. The van der Waals surface area contributed by atoms with E-state index < -0.39 is 5.97 Å². The van der Waals surface area contributed by atoms with Gasteiger partial charge in [0.05, 0.1) is 11.0 Å². The molecule has 2 aromatic rings. The standard InChI is InChI=1S/C14H13BrFNO3/c1-7-3-11(15)12(16)5-13(7)17-6-9-4-10(14(18)19)8(2)20-9/h3-5,17H,6H2,1-2H3,(H,18,19). The van der Waals surface area contributed by atoms with E-state index in [-0.39, 0.29) is 17.9 Å². The summed E-state index contributed by atoms with van der Waals surface area (Å²) in [5.41, 5.74) is 1.65. The zero-order valence-corrected chi connectivity index (χ0v) is 12.5. The third kappa shape index (κ3) is 3.01. The molecule has 1 heterocycles. The molecule has 0 aliphatic carbocycles. The molecule has 0 aliphatic heterocycles. The first-order valence-electron chi connectivity index (χ1n) is 5.90. The van der Waals surface area contributed by atoms with Gasteiger partial charge in [-0.1, -0.05) is 0 Å². The Morgan fingerprint density at radius 3 is 2.70 bits per heavy atom. The summed E-state index contributed by atoms with van der Waals surface area (Å²) in [5, 5.41) is 12.0. The Kier molecular flexibility index (Phi) is 4.13. The van der Waals surface area contributed by atoms with Crippen LogP contribution in [0.5, 0.6) is 0 Å². The van der Waals surface area contributed by atoms with Crippen molar-refractivity contribution in [1.82, 2.24) is 0 Å². The van der Waals surface area contributed by atoms with Gasteiger partial charge in [0, 0.05) is 5.69 Å². The molecule has 6 heteroatoms. The fraction of sp³-hybridized carbons (Fsp3) is 0.214. The Labute approximate surface area is 123 Å². The number of aromatic carboxylic acids is 1. The predicted molar refractivity (Wildman–Crippen MR) is 76.6 cm³/mol. The fourth-order valence-electron chi connectivity index (χ4n) is 1.86. The summed E-state index contributed by atoms with van der Waals surface area (Å²) in [6, 6.07) is 4.52. The van der Waals surface area contributed by atoms with Crippen molar-refractivity contribution < 1.29 is 18.7 Å². The number of furan rings is 1. The lowest BCUT2D eigenvalue weighted by atomic mass is 10.2. The van der Waals surface area contributed by atoms with Crippen molar-refractivity contribution >= 4 is 27.6 Å². The van der Waals surface area contributed by atoms with Gasteiger partial charge in [0.1, 0.15) is 22.9 Å². The van der Waals surface area contributed by atoms with Crippen molar-refractivity contribution in [1.29, 1.82) is 0 Å². The highest BCUT2D eigenvalue weighted by Crippen LogP contribution is 2.25. The minimum absolute atomic E-state index is 0.139. The molecule has 0 saturated carbocycles. The lowest BCUT2D eigenvalue weighted by Gasteiger charge is -2.09. The Hall–Kier alpha value is -1.82. The molecule has 0 saturated heterocycles. The lowest BCUT2D eigenvalue weighted by Crippen LogP contribution is -2.01. The van der Waals surface area contributed by atoms with Crippen molar-refractivity contribution in [3.8, 4) is 0 Å². The molecule has 1 aromatic heterocycles. The summed E-state index contributed by atoms with van der Waals surface area (Å²) < 4.78 is 19.2. The molecular formula is C14H13BrFNO3. The first kappa shape index (κ1) is 14.6. The molecule has 0 amide bonds. The number of hydrogen-bond acceptors (Lipinski definition) is 3. The zero-order chi connectivity index (χ0) is 14.9. The van der Waals surface area contributed by atoms with Crippen LogP contribution in [0.4, 0.5) is 10.1 Å². The topological polar surface area (TPSA) is 62.5 Å². The number of carboxylic acid groups (broad SMARTS) is 1. The number of anilines is 1. The van der Waals surface area contributed by atoms with Crippen molar-refractivity contribution in [2.75, 3.05) is 5.32 Å². The number of rotatable bonds is 4. The Morgan fingerprint density at radius 2 is 2.10 bits per heavy atom. The van der Waals surface area contributed by atoms with Crippen LogP contribution < -0.4 is 5.32 Å². The maximum atomic E-state index is 13.5. The average molecular weight is 342 g/mol. The molecular weight excluding hydrogens is 329 g/mol. The Balaban J connectivity index is 2.15. The number of benzene rings is 1. The molecule has 0 bridgehead atoms. The molecule has 0 spiro atoms. The second-order valence-corrected chi connectivity index (χ2v) is 5.28. The minimum Gasteiger partial charge on any atom is -0.478 e. The van der Waals surface area contributed by atoms with E-state index in [1.54, 1.807) is 13.0 Å². The molecule has 4 nitrogen and oxygen atoms in total. The van der Waals surface area contributed by atoms with Crippen molar-refractivity contribution in [3.05, 3.63) is 51.1 Å². The highest BCUT2D eigenvalue weighted by Gasteiger charge is 2.14. The normalized spacial score (nSPS) is 10.6. The molecule has 0 unspecified atom stereocenters. The van der Waals surface area contributed by atoms with E-state index in [4.69, 9.17) is 9.52 Å². The smallest absolute Gasteiger partial charge is 0.339 e. The van der Waals surface area contributed by atoms with Gasteiger partial charge >= 0.3 is 5.97 Å². The molecule has 0 aliphatic rings. The van der Waals surface area contributed by atoms with Gasteiger partial charge in [0.25, 0.3) is 0 Å². The summed E-state index contributed by atoms with van der Waals surface area (Å²) in [7, 11) is 0. The van der Waals surface area contributed by atoms with Gasteiger partial charge in [-0.05, 0) is 53.5 Å². The van der Waals surface area contributed by atoms with Crippen molar-refractivity contribution in [2.45, 2.75) is 20.4 Å². The quantitative estimate of drug-likeness (QED) is 0.878. The van der Waals surface area contributed by atoms with Crippen LogP contribution in [0.25, 0.3) is 0 Å². The van der Waals surface area contributed by atoms with E-state index in [0.717, 1.165) is 5.56 Å². The predicted octanol–water partition coefficient (Wildman–Crippen LogP) is 4.11. The van der Waals surface area contributed by atoms with Crippen LogP contribution in [0.1, 0.15) is 27.4 Å². The number of halogens is 2. The van der Waals surface area contributed by atoms with Gasteiger partial charge in [-0.25, -0.2) is 9.18 Å². The molecule has 2 rings (SSSR count). The van der Waals surface area contributed by atoms with Gasteiger partial charge in [-0.2, -0.15) is 0 Å². The van der Waals surface area contributed by atoms with E-state index in [2.05, 4.69) is 21.2 Å². The number of carboxylic acids is 1. The third-order valence-corrected chi connectivity index (χ3v) is 3.53. The van der Waals surface area contributed by atoms with Crippen LogP contribution >= 0.6 is 15.9 Å². The largest absolute Gasteiger partial charge is 0.478 e. The maximum Gasteiger partial charge on any atom is 0.339 e. The summed E-state index contributed by atoms with van der Waals surface area (Å²) >= 11 is 3.12. The summed E-state index contributed by atoms with van der Waals surface area (Å²) in [4.78, 5) is 10.9. The van der Waals surface area contributed by atoms with E-state index in [1.807, 2.05) is 6.92 Å². The van der Waals surface area contributed by atoms with Crippen LogP contribution in [-0.4, -0.2) is 11.1 Å². The first-order valence-corrected chi connectivity index (χ1v) is 6.70. The highest BCUT2D eigenvalue weighted by atomic mass is 79.9. The number of hydrogen-bond donors (Lipinski definition) is 2. The number of aryl methyl sites for hydroxylation is 2. The third-order valence-electron chi connectivity index (χ3n) is 2.92. The van der Waals surface area contributed by atoms with Crippen LogP contribution in [0.3, 0.4) is 0 Å². The van der Waals surface area contributed by atoms with Crippen LogP contribution in [0, 0.1) is 19.7 Å². The fourth-order valence-corrected chi connectivity index (χ4v) is 2.32. The van der Waals surface area contributed by atoms with Crippen LogP contribution in [0.15, 0.2) is 27.1 Å². The molecule has 106 valence electrons. The number of carbonyl (C=O) groups is 1. The minimum atomic E-state index is -1.02. The van der Waals surface area contributed by atoms with Gasteiger partial charge in [0.2, 0.25) is 0 Å². The lowest BCUT2D eigenvalue weighted by molar-refractivity contribution is 0.0695. The maximum absolute atomic E-state index is 13.5. The molecule has 0 radical (unpaired) electrons. The van der Waals surface area contributed by atoms with Crippen LogP contribution in [0.2, 0.25) is 0 Å². The van der Waals surface area contributed by atoms with Gasteiger partial charge in [-0.15, -0.1) is 0 Å². The summed E-state index contributed by atoms with van der Waals surface area (Å²) in [6.45, 7) is 3.73. The van der Waals surface area contributed by atoms with Crippen LogP contribution in [-0.2, 0) is 6.54 Å². The van der Waals surface area contributed by atoms with E-state index in [9.17, 15) is 9.18 Å². The van der Waals surface area contributed by atoms with Gasteiger partial charge < -0.3 is 14.8 Å². The Bertz CT molecular complexity index is 667. The van der Waals surface area contributed by atoms with Gasteiger partial charge in [0.15, 0.2) is 0 Å². The SMILES string of the molecule is Cc1cc(Br)c(F)cc1NCc1cc(C(=O)O)c(C)o1. The monoisotopic (exact) mass is 341 g/mol. The molecule has 1 aromatic carbocycles. The van der Waals surface area contributed by atoms with E-state index in [1.165, 1.54) is 12.1 Å².